The summed E-state index contributed by atoms with van der Waals surface area (Å²) < 4.78 is 28.7. The van der Waals surface area contributed by atoms with Gasteiger partial charge < -0.3 is 5.32 Å². The van der Waals surface area contributed by atoms with Gasteiger partial charge in [-0.3, -0.25) is 4.79 Å². The second kappa shape index (κ2) is 9.99. The maximum absolute atomic E-state index is 13.1. The van der Waals surface area contributed by atoms with Gasteiger partial charge in [-0.2, -0.15) is 4.72 Å². The number of nitrogens with zero attached hydrogens (tertiary/aromatic N) is 1. The van der Waals surface area contributed by atoms with E-state index in [2.05, 4.69) is 26.9 Å². The van der Waals surface area contributed by atoms with E-state index >= 15 is 0 Å². The lowest BCUT2D eigenvalue weighted by Gasteiger charge is -2.19. The first kappa shape index (κ1) is 24.2. The molecule has 0 unspecified atom stereocenters. The van der Waals surface area contributed by atoms with E-state index in [1.807, 2.05) is 44.2 Å². The molecule has 33 heavy (non-hydrogen) atoms. The van der Waals surface area contributed by atoms with Crippen molar-refractivity contribution in [3.05, 3.63) is 88.2 Å². The molecule has 3 aromatic rings. The molecule has 0 saturated carbocycles. The Labute approximate surface area is 195 Å². The third-order valence-corrected chi connectivity index (χ3v) is 7.23. The summed E-state index contributed by atoms with van der Waals surface area (Å²) in [5.74, 6) is 5.51. The second-order valence-corrected chi connectivity index (χ2v) is 9.62. The molecule has 7 heteroatoms. The lowest BCUT2D eigenvalue weighted by Crippen LogP contribution is -2.42. The molecular formula is C26H27N3O3S. The minimum atomic E-state index is -3.89. The van der Waals surface area contributed by atoms with Crippen LogP contribution in [-0.4, -0.2) is 25.4 Å². The molecule has 0 bridgehead atoms. The first-order valence-corrected chi connectivity index (χ1v) is 12.0. The Morgan fingerprint density at radius 2 is 1.64 bits per heavy atom. The lowest BCUT2D eigenvalue weighted by molar-refractivity contribution is -0.117. The van der Waals surface area contributed by atoms with Gasteiger partial charge in [0.25, 0.3) is 0 Å². The molecule has 0 aliphatic rings. The average molecular weight is 462 g/mol. The summed E-state index contributed by atoms with van der Waals surface area (Å²) in [5, 5.41) is 2.76. The zero-order valence-electron chi connectivity index (χ0n) is 19.4. The molecular weight excluding hydrogens is 434 g/mol. The van der Waals surface area contributed by atoms with Crippen LogP contribution in [0.2, 0.25) is 0 Å². The highest BCUT2D eigenvalue weighted by Gasteiger charge is 2.26. The predicted octanol–water partition coefficient (Wildman–Crippen LogP) is 4.02. The number of hydrogen-bond acceptors (Lipinski definition) is 4. The molecule has 1 aromatic heterocycles. The van der Waals surface area contributed by atoms with E-state index in [1.165, 1.54) is 6.92 Å². The van der Waals surface area contributed by atoms with Crippen LogP contribution in [0.5, 0.6) is 0 Å². The van der Waals surface area contributed by atoms with Gasteiger partial charge in [0.2, 0.25) is 15.9 Å². The van der Waals surface area contributed by atoms with Crippen molar-refractivity contribution in [2.45, 2.75) is 45.6 Å². The molecule has 0 aliphatic heterocycles. The Hall–Kier alpha value is -3.47. The number of aromatic nitrogens is 1. The molecule has 1 atom stereocenters. The zero-order chi connectivity index (χ0) is 24.2. The fourth-order valence-electron chi connectivity index (χ4n) is 3.43. The van der Waals surface area contributed by atoms with E-state index < -0.39 is 22.0 Å². The summed E-state index contributed by atoms with van der Waals surface area (Å²) in [4.78, 5) is 17.1. The number of aryl methyl sites for hydroxylation is 2. The number of anilines is 1. The van der Waals surface area contributed by atoms with Gasteiger partial charge in [-0.05, 0) is 93.1 Å². The summed E-state index contributed by atoms with van der Waals surface area (Å²) in [6, 6.07) is 13.5. The number of carbonyl (C=O) groups is 1. The number of hydrogen-bond donors (Lipinski definition) is 2. The number of nitrogens with one attached hydrogen (secondary N) is 2. The molecule has 2 aromatic carbocycles. The fourth-order valence-corrected chi connectivity index (χ4v) is 5.25. The van der Waals surface area contributed by atoms with Crippen molar-refractivity contribution in [1.29, 1.82) is 0 Å². The molecule has 3 rings (SSSR count). The van der Waals surface area contributed by atoms with Gasteiger partial charge in [0.15, 0.2) is 0 Å². The van der Waals surface area contributed by atoms with Gasteiger partial charge in [-0.25, -0.2) is 13.4 Å². The zero-order valence-corrected chi connectivity index (χ0v) is 20.2. The number of sulfonamides is 1. The fraction of sp³-hybridized carbons (Fsp3) is 0.231. The smallest absolute Gasteiger partial charge is 0.242 e. The summed E-state index contributed by atoms with van der Waals surface area (Å²) in [7, 11) is -3.89. The summed E-state index contributed by atoms with van der Waals surface area (Å²) >= 11 is 0. The van der Waals surface area contributed by atoms with Gasteiger partial charge in [-0.1, -0.05) is 24.1 Å². The second-order valence-electron chi connectivity index (χ2n) is 7.97. The van der Waals surface area contributed by atoms with Crippen molar-refractivity contribution in [1.82, 2.24) is 9.71 Å². The molecule has 6 nitrogen and oxygen atoms in total. The number of benzene rings is 2. The van der Waals surface area contributed by atoms with Crippen LogP contribution in [0.1, 0.15) is 40.4 Å². The van der Waals surface area contributed by atoms with Crippen LogP contribution >= 0.6 is 0 Å². The van der Waals surface area contributed by atoms with Crippen LogP contribution < -0.4 is 10.0 Å². The number of rotatable bonds is 5. The van der Waals surface area contributed by atoms with Crippen molar-refractivity contribution in [3.8, 4) is 11.8 Å². The third kappa shape index (κ3) is 5.86. The van der Waals surface area contributed by atoms with Gasteiger partial charge in [-0.15, -0.1) is 0 Å². The van der Waals surface area contributed by atoms with Crippen molar-refractivity contribution < 1.29 is 13.2 Å². The van der Waals surface area contributed by atoms with Gasteiger partial charge in [0.1, 0.15) is 5.69 Å². The quantitative estimate of drug-likeness (QED) is 0.562. The maximum Gasteiger partial charge on any atom is 0.242 e. The summed E-state index contributed by atoms with van der Waals surface area (Å²) in [6.45, 7) is 8.82. The van der Waals surface area contributed by atoms with Gasteiger partial charge >= 0.3 is 0 Å². The SMILES string of the molecule is Cc1cc(C)c(C)c(S(=O)(=O)N[C@H](C)C(=O)Nc2cccc(C#Cc3ccccn3)c2)c1C. The van der Waals surface area contributed by atoms with E-state index in [0.717, 1.165) is 11.1 Å². The van der Waals surface area contributed by atoms with Crippen LogP contribution in [0.25, 0.3) is 0 Å². The predicted molar refractivity (Wildman–Crippen MR) is 130 cm³/mol. The monoisotopic (exact) mass is 461 g/mol. The van der Waals surface area contributed by atoms with E-state index in [9.17, 15) is 13.2 Å². The lowest BCUT2D eigenvalue weighted by atomic mass is 10.0. The maximum atomic E-state index is 13.1. The molecule has 170 valence electrons. The van der Waals surface area contributed by atoms with Crippen molar-refractivity contribution in [2.75, 3.05) is 5.32 Å². The van der Waals surface area contributed by atoms with Crippen molar-refractivity contribution in [2.24, 2.45) is 0 Å². The van der Waals surface area contributed by atoms with Crippen molar-refractivity contribution in [3.63, 3.8) is 0 Å². The molecule has 1 amide bonds. The largest absolute Gasteiger partial charge is 0.325 e. The molecule has 0 aliphatic carbocycles. The van der Waals surface area contributed by atoms with Crippen LogP contribution in [-0.2, 0) is 14.8 Å². The number of pyridine rings is 1. The summed E-state index contributed by atoms with van der Waals surface area (Å²) in [5.41, 5.74) is 5.01. The van der Waals surface area contributed by atoms with E-state index in [4.69, 9.17) is 0 Å². The highest BCUT2D eigenvalue weighted by atomic mass is 32.2. The Bertz CT molecular complexity index is 1330. The Morgan fingerprint density at radius 1 is 0.939 bits per heavy atom. The topological polar surface area (TPSA) is 88.2 Å². The van der Waals surface area contributed by atoms with Crippen LogP contribution in [0.3, 0.4) is 0 Å². The molecule has 2 N–H and O–H groups in total. The average Bonchev–Trinajstić information content (AvgIpc) is 2.77. The van der Waals surface area contributed by atoms with Crippen molar-refractivity contribution >= 4 is 21.6 Å². The molecule has 0 saturated heterocycles. The first-order valence-electron chi connectivity index (χ1n) is 10.5. The van der Waals surface area contributed by atoms with E-state index in [-0.39, 0.29) is 4.90 Å². The molecule has 1 heterocycles. The minimum absolute atomic E-state index is 0.228. The van der Waals surface area contributed by atoms with Gasteiger partial charge in [0, 0.05) is 17.4 Å². The number of amides is 1. The Morgan fingerprint density at radius 3 is 2.27 bits per heavy atom. The summed E-state index contributed by atoms with van der Waals surface area (Å²) in [6.07, 6.45) is 1.67. The third-order valence-electron chi connectivity index (χ3n) is 5.42. The van der Waals surface area contributed by atoms with E-state index in [1.54, 1.807) is 38.2 Å². The molecule has 0 radical (unpaired) electrons. The molecule has 0 fully saturated rings. The first-order chi connectivity index (χ1) is 15.6. The van der Waals surface area contributed by atoms with Gasteiger partial charge in [0.05, 0.1) is 10.9 Å². The Balaban J connectivity index is 1.75. The normalized spacial score (nSPS) is 11.9. The highest BCUT2D eigenvalue weighted by molar-refractivity contribution is 7.89. The van der Waals surface area contributed by atoms with E-state index in [0.29, 0.717) is 28.1 Å². The van der Waals surface area contributed by atoms with Crippen LogP contribution in [0.4, 0.5) is 5.69 Å². The molecule has 0 spiro atoms. The minimum Gasteiger partial charge on any atom is -0.325 e. The standard InChI is InChI=1S/C26H27N3O3S/c1-17-15-18(2)20(4)25(19(17)3)33(31,32)29-21(5)26(30)28-24-11-8-9-22(16-24)12-13-23-10-6-7-14-27-23/h6-11,14-16,21,29H,1-5H3,(H,28,30)/t21-/m1/s1. The van der Waals surface area contributed by atoms with Crippen LogP contribution in [0, 0.1) is 39.5 Å². The van der Waals surface area contributed by atoms with Crippen LogP contribution in [0.15, 0.2) is 59.6 Å². The Kier molecular flexibility index (Phi) is 7.32. The number of carbonyl (C=O) groups excluding carboxylic acids is 1. The highest BCUT2D eigenvalue weighted by Crippen LogP contribution is 2.26.